The molecule has 0 saturated heterocycles. The molecule has 0 aliphatic carbocycles. The minimum atomic E-state index is -0.553. The molecule has 1 aromatic carbocycles. The monoisotopic (exact) mass is 355 g/mol. The fraction of sp³-hybridized carbons (Fsp3) is 0.429. The summed E-state index contributed by atoms with van der Waals surface area (Å²) in [4.78, 5) is 15.3. The van der Waals surface area contributed by atoms with Crippen LogP contribution in [0, 0.1) is 5.92 Å². The summed E-state index contributed by atoms with van der Waals surface area (Å²) in [5, 5.41) is 3.54. The van der Waals surface area contributed by atoms with Crippen LogP contribution in [0.3, 0.4) is 0 Å². The molecule has 0 aliphatic heterocycles. The number of aromatic nitrogens is 1. The maximum absolute atomic E-state index is 11.4. The molecule has 0 fully saturated rings. The molecule has 3 N–H and O–H groups in total. The van der Waals surface area contributed by atoms with Crippen LogP contribution in [0.2, 0.25) is 0 Å². The number of carbonyl (C=O) groups is 1. The second-order valence-electron chi connectivity index (χ2n) is 6.53. The number of nitrogens with zero attached hydrogens (tertiary/aromatic N) is 1. The summed E-state index contributed by atoms with van der Waals surface area (Å²) >= 11 is 0. The Hall–Kier alpha value is -2.40. The van der Waals surface area contributed by atoms with E-state index in [1.807, 2.05) is 24.3 Å². The van der Waals surface area contributed by atoms with Crippen molar-refractivity contribution >= 4 is 5.91 Å². The van der Waals surface area contributed by atoms with Crippen molar-refractivity contribution in [3.63, 3.8) is 0 Å². The van der Waals surface area contributed by atoms with Crippen LogP contribution in [0.5, 0.6) is 11.5 Å². The minimum Gasteiger partial charge on any atom is -0.456 e. The van der Waals surface area contributed by atoms with Gasteiger partial charge in [0.15, 0.2) is 0 Å². The lowest BCUT2D eigenvalue weighted by Gasteiger charge is -2.15. The summed E-state index contributed by atoms with van der Waals surface area (Å²) < 4.78 is 5.77. The molecule has 1 atom stereocenters. The topological polar surface area (TPSA) is 77.2 Å². The summed E-state index contributed by atoms with van der Waals surface area (Å²) in [6.45, 7) is 6.38. The van der Waals surface area contributed by atoms with Crippen LogP contribution in [-0.4, -0.2) is 17.4 Å². The van der Waals surface area contributed by atoms with Gasteiger partial charge in [-0.3, -0.25) is 9.78 Å². The number of primary amides is 1. The Morgan fingerprint density at radius 2 is 2.00 bits per heavy atom. The molecule has 0 bridgehead atoms. The van der Waals surface area contributed by atoms with E-state index in [1.165, 1.54) is 37.4 Å². The second-order valence-corrected chi connectivity index (χ2v) is 6.53. The van der Waals surface area contributed by atoms with Gasteiger partial charge >= 0.3 is 0 Å². The molecule has 0 spiro atoms. The SMILES string of the molecule is CCCCC(CC)CNCc1ccc(Oc2ccncc2C(N)=O)cc1. The summed E-state index contributed by atoms with van der Waals surface area (Å²) in [6, 6.07) is 9.49. The van der Waals surface area contributed by atoms with Crippen LogP contribution in [0.25, 0.3) is 0 Å². The average molecular weight is 355 g/mol. The Kier molecular flexibility index (Phi) is 8.09. The predicted molar refractivity (Wildman–Crippen MR) is 104 cm³/mol. The van der Waals surface area contributed by atoms with Crippen molar-refractivity contribution in [3.05, 3.63) is 53.9 Å². The quantitative estimate of drug-likeness (QED) is 0.631. The number of benzene rings is 1. The molecular formula is C21H29N3O2. The first-order valence-corrected chi connectivity index (χ1v) is 9.35. The Labute approximate surface area is 156 Å². The van der Waals surface area contributed by atoms with Crippen molar-refractivity contribution < 1.29 is 9.53 Å². The first-order chi connectivity index (χ1) is 12.6. The minimum absolute atomic E-state index is 0.274. The highest BCUT2D eigenvalue weighted by Crippen LogP contribution is 2.24. The number of rotatable bonds is 11. The lowest BCUT2D eigenvalue weighted by molar-refractivity contribution is 0.0997. The molecule has 0 radical (unpaired) electrons. The van der Waals surface area contributed by atoms with Crippen molar-refractivity contribution in [1.29, 1.82) is 0 Å². The van der Waals surface area contributed by atoms with E-state index in [2.05, 4.69) is 24.1 Å². The molecule has 2 rings (SSSR count). The number of ether oxygens (including phenoxy) is 1. The van der Waals surface area contributed by atoms with E-state index in [4.69, 9.17) is 10.5 Å². The normalized spacial score (nSPS) is 11.9. The van der Waals surface area contributed by atoms with Gasteiger partial charge in [0.25, 0.3) is 5.91 Å². The molecule has 140 valence electrons. The number of nitrogens with one attached hydrogen (secondary N) is 1. The van der Waals surface area contributed by atoms with E-state index in [0.29, 0.717) is 11.5 Å². The summed E-state index contributed by atoms with van der Waals surface area (Å²) in [5.74, 6) is 1.27. The molecule has 26 heavy (non-hydrogen) atoms. The standard InChI is InChI=1S/C21H29N3O2/c1-3-5-6-16(4-2)13-24-14-17-7-9-18(10-8-17)26-20-11-12-23-15-19(20)21(22)25/h7-12,15-16,24H,3-6,13-14H2,1-2H3,(H2,22,25). The predicted octanol–water partition coefficient (Wildman–Crippen LogP) is 4.28. The Morgan fingerprint density at radius 3 is 2.65 bits per heavy atom. The smallest absolute Gasteiger partial charge is 0.254 e. The fourth-order valence-electron chi connectivity index (χ4n) is 2.82. The van der Waals surface area contributed by atoms with Crippen LogP contribution < -0.4 is 15.8 Å². The zero-order valence-corrected chi connectivity index (χ0v) is 15.7. The number of hydrogen-bond acceptors (Lipinski definition) is 4. The van der Waals surface area contributed by atoms with Crippen LogP contribution >= 0.6 is 0 Å². The lowest BCUT2D eigenvalue weighted by atomic mass is 9.99. The lowest BCUT2D eigenvalue weighted by Crippen LogP contribution is -2.22. The highest BCUT2D eigenvalue weighted by Gasteiger charge is 2.10. The first kappa shape index (κ1) is 19.9. The van der Waals surface area contributed by atoms with Crippen molar-refractivity contribution in [2.45, 2.75) is 46.1 Å². The number of carbonyl (C=O) groups excluding carboxylic acids is 1. The van der Waals surface area contributed by atoms with Gasteiger partial charge in [-0.2, -0.15) is 0 Å². The number of pyridine rings is 1. The Bertz CT molecular complexity index is 686. The molecule has 0 aliphatic rings. The number of unbranched alkanes of at least 4 members (excludes halogenated alkanes) is 1. The Balaban J connectivity index is 1.88. The number of nitrogens with two attached hydrogens (primary N) is 1. The third-order valence-corrected chi connectivity index (χ3v) is 4.50. The van der Waals surface area contributed by atoms with Gasteiger partial charge < -0.3 is 15.8 Å². The number of hydrogen-bond donors (Lipinski definition) is 2. The number of amides is 1. The van der Waals surface area contributed by atoms with Crippen LogP contribution in [0.4, 0.5) is 0 Å². The van der Waals surface area contributed by atoms with Gasteiger partial charge in [0.2, 0.25) is 0 Å². The van der Waals surface area contributed by atoms with Crippen molar-refractivity contribution in [2.24, 2.45) is 11.7 Å². The molecule has 5 heteroatoms. The van der Waals surface area contributed by atoms with Crippen molar-refractivity contribution in [3.8, 4) is 11.5 Å². The zero-order chi connectivity index (χ0) is 18.8. The maximum atomic E-state index is 11.4. The van der Waals surface area contributed by atoms with Gasteiger partial charge in [-0.15, -0.1) is 0 Å². The molecule has 1 unspecified atom stereocenters. The van der Waals surface area contributed by atoms with E-state index in [-0.39, 0.29) is 5.56 Å². The van der Waals surface area contributed by atoms with Crippen LogP contribution in [-0.2, 0) is 6.54 Å². The average Bonchev–Trinajstić information content (AvgIpc) is 2.66. The van der Waals surface area contributed by atoms with Gasteiger partial charge in [-0.05, 0) is 42.6 Å². The van der Waals surface area contributed by atoms with Gasteiger partial charge in [0, 0.05) is 18.9 Å². The van der Waals surface area contributed by atoms with Crippen molar-refractivity contribution in [1.82, 2.24) is 10.3 Å². The molecule has 1 amide bonds. The van der Waals surface area contributed by atoms with Gasteiger partial charge in [-0.1, -0.05) is 45.2 Å². The van der Waals surface area contributed by atoms with Crippen molar-refractivity contribution in [2.75, 3.05) is 6.54 Å². The van der Waals surface area contributed by atoms with E-state index < -0.39 is 5.91 Å². The highest BCUT2D eigenvalue weighted by molar-refractivity contribution is 5.95. The second kappa shape index (κ2) is 10.6. The first-order valence-electron chi connectivity index (χ1n) is 9.35. The van der Waals surface area contributed by atoms with Crippen LogP contribution in [0.1, 0.15) is 55.5 Å². The largest absolute Gasteiger partial charge is 0.456 e. The third kappa shape index (κ3) is 6.15. The Morgan fingerprint density at radius 1 is 1.23 bits per heavy atom. The molecule has 1 heterocycles. The highest BCUT2D eigenvalue weighted by atomic mass is 16.5. The summed E-state index contributed by atoms with van der Waals surface area (Å²) in [7, 11) is 0. The van der Waals surface area contributed by atoms with E-state index in [9.17, 15) is 4.79 Å². The van der Waals surface area contributed by atoms with Gasteiger partial charge in [0.1, 0.15) is 17.1 Å². The van der Waals surface area contributed by atoms with Crippen LogP contribution in [0.15, 0.2) is 42.7 Å². The molecule has 0 saturated carbocycles. The maximum Gasteiger partial charge on any atom is 0.254 e. The van der Waals surface area contributed by atoms with E-state index in [0.717, 1.165) is 19.0 Å². The van der Waals surface area contributed by atoms with Gasteiger partial charge in [-0.25, -0.2) is 0 Å². The molecule has 2 aromatic rings. The van der Waals surface area contributed by atoms with E-state index >= 15 is 0 Å². The fourth-order valence-corrected chi connectivity index (χ4v) is 2.82. The molecule has 5 nitrogen and oxygen atoms in total. The zero-order valence-electron chi connectivity index (χ0n) is 15.7. The third-order valence-electron chi connectivity index (χ3n) is 4.50. The van der Waals surface area contributed by atoms with Gasteiger partial charge in [0.05, 0.1) is 0 Å². The van der Waals surface area contributed by atoms with E-state index in [1.54, 1.807) is 12.3 Å². The summed E-state index contributed by atoms with van der Waals surface area (Å²) in [6.07, 6.45) is 8.05. The molecule has 1 aromatic heterocycles. The molecular weight excluding hydrogens is 326 g/mol. The summed E-state index contributed by atoms with van der Waals surface area (Å²) in [5.41, 5.74) is 6.82.